The Morgan fingerprint density at radius 2 is 2.53 bits per heavy atom. The third-order valence-electron chi connectivity index (χ3n) is 2.59. The lowest BCUT2D eigenvalue weighted by Gasteiger charge is -2.16. The summed E-state index contributed by atoms with van der Waals surface area (Å²) >= 11 is 0. The van der Waals surface area contributed by atoms with Crippen molar-refractivity contribution in [1.29, 1.82) is 0 Å². The monoisotopic (exact) mass is 216 g/mol. The van der Waals surface area contributed by atoms with Crippen LogP contribution in [0.15, 0.2) is 0 Å². The van der Waals surface area contributed by atoms with E-state index in [0.29, 0.717) is 18.9 Å². The number of aliphatic hydroxyl groups is 1. The van der Waals surface area contributed by atoms with Gasteiger partial charge in [0.05, 0.1) is 19.3 Å². The van der Waals surface area contributed by atoms with Gasteiger partial charge in [0.15, 0.2) is 0 Å². The Morgan fingerprint density at radius 3 is 3.07 bits per heavy atom. The quantitative estimate of drug-likeness (QED) is 0.538. The molecule has 0 radical (unpaired) electrons. The van der Waals surface area contributed by atoms with Crippen molar-refractivity contribution in [3.05, 3.63) is 0 Å². The van der Waals surface area contributed by atoms with Gasteiger partial charge in [0.2, 0.25) is 5.91 Å². The van der Waals surface area contributed by atoms with Gasteiger partial charge in [0, 0.05) is 13.5 Å². The number of aliphatic hydroxyl groups excluding tert-OH is 1. The van der Waals surface area contributed by atoms with E-state index in [1.54, 1.807) is 7.11 Å². The molecule has 1 fully saturated rings. The van der Waals surface area contributed by atoms with Gasteiger partial charge in [-0.1, -0.05) is 0 Å². The van der Waals surface area contributed by atoms with E-state index in [0.717, 1.165) is 19.5 Å². The lowest BCUT2D eigenvalue weighted by molar-refractivity contribution is -0.123. The number of nitrogens with one attached hydrogen (secondary N) is 2. The molecule has 0 saturated carbocycles. The fraction of sp³-hybridized carbons (Fsp3) is 0.900. The maximum Gasteiger partial charge on any atom is 0.220 e. The number of carbonyl (C=O) groups excluding carboxylic acids is 1. The maximum atomic E-state index is 11.5. The van der Waals surface area contributed by atoms with Crippen molar-refractivity contribution in [2.24, 2.45) is 5.92 Å². The van der Waals surface area contributed by atoms with Crippen LogP contribution >= 0.6 is 0 Å². The van der Waals surface area contributed by atoms with Crippen LogP contribution in [0.3, 0.4) is 0 Å². The fourth-order valence-electron chi connectivity index (χ4n) is 1.78. The first-order valence-corrected chi connectivity index (χ1v) is 5.36. The van der Waals surface area contributed by atoms with Crippen molar-refractivity contribution in [3.8, 4) is 0 Å². The van der Waals surface area contributed by atoms with Crippen molar-refractivity contribution in [2.75, 3.05) is 33.4 Å². The van der Waals surface area contributed by atoms with Gasteiger partial charge < -0.3 is 20.5 Å². The highest BCUT2D eigenvalue weighted by molar-refractivity contribution is 5.76. The highest BCUT2D eigenvalue weighted by atomic mass is 16.5. The molecule has 1 saturated heterocycles. The minimum absolute atomic E-state index is 0.000185. The number of rotatable bonds is 6. The summed E-state index contributed by atoms with van der Waals surface area (Å²) in [5.74, 6) is 0.437. The molecule has 0 aromatic carbocycles. The van der Waals surface area contributed by atoms with Gasteiger partial charge in [-0.3, -0.25) is 4.79 Å². The molecule has 1 heterocycles. The molecule has 0 bridgehead atoms. The first-order chi connectivity index (χ1) is 7.26. The van der Waals surface area contributed by atoms with Crippen molar-refractivity contribution in [3.63, 3.8) is 0 Å². The molecule has 2 atom stereocenters. The van der Waals surface area contributed by atoms with E-state index in [1.807, 2.05) is 0 Å². The summed E-state index contributed by atoms with van der Waals surface area (Å²) < 4.78 is 4.88. The summed E-state index contributed by atoms with van der Waals surface area (Å²) in [6.45, 7) is 2.19. The molecule has 2 unspecified atom stereocenters. The Kier molecular flexibility index (Phi) is 5.60. The van der Waals surface area contributed by atoms with Crippen LogP contribution in [-0.4, -0.2) is 50.5 Å². The topological polar surface area (TPSA) is 70.6 Å². The van der Waals surface area contributed by atoms with Crippen molar-refractivity contribution in [1.82, 2.24) is 10.6 Å². The molecular weight excluding hydrogens is 196 g/mol. The maximum absolute atomic E-state index is 11.5. The zero-order valence-corrected chi connectivity index (χ0v) is 9.16. The molecule has 1 aliphatic heterocycles. The summed E-state index contributed by atoms with van der Waals surface area (Å²) in [6.07, 6.45) is 1.59. The van der Waals surface area contributed by atoms with Crippen LogP contribution in [-0.2, 0) is 9.53 Å². The standard InChI is InChI=1S/C10H20N2O3/c1-15-7-9(6-13)12-10(14)4-8-2-3-11-5-8/h8-9,11,13H,2-7H2,1H3,(H,12,14). The van der Waals surface area contributed by atoms with Gasteiger partial charge in [-0.2, -0.15) is 0 Å². The van der Waals surface area contributed by atoms with Crippen LogP contribution in [0.4, 0.5) is 0 Å². The Balaban J connectivity index is 2.20. The van der Waals surface area contributed by atoms with Crippen LogP contribution in [0.25, 0.3) is 0 Å². The summed E-state index contributed by atoms with van der Waals surface area (Å²) in [4.78, 5) is 11.5. The Labute approximate surface area is 90.2 Å². The van der Waals surface area contributed by atoms with Crippen molar-refractivity contribution >= 4 is 5.91 Å². The Morgan fingerprint density at radius 1 is 1.73 bits per heavy atom. The molecular formula is C10H20N2O3. The lowest BCUT2D eigenvalue weighted by atomic mass is 10.0. The van der Waals surface area contributed by atoms with E-state index >= 15 is 0 Å². The highest BCUT2D eigenvalue weighted by Gasteiger charge is 2.19. The summed E-state index contributed by atoms with van der Waals surface area (Å²) in [5.41, 5.74) is 0. The van der Waals surface area contributed by atoms with Crippen molar-refractivity contribution < 1.29 is 14.6 Å². The van der Waals surface area contributed by atoms with Crippen LogP contribution in [0.5, 0.6) is 0 Å². The summed E-state index contributed by atoms with van der Waals surface area (Å²) in [5, 5.41) is 14.9. The minimum Gasteiger partial charge on any atom is -0.394 e. The van der Waals surface area contributed by atoms with Gasteiger partial charge >= 0.3 is 0 Å². The number of amides is 1. The molecule has 5 nitrogen and oxygen atoms in total. The lowest BCUT2D eigenvalue weighted by Crippen LogP contribution is -2.41. The number of carbonyl (C=O) groups is 1. The van der Waals surface area contributed by atoms with Gasteiger partial charge in [0.1, 0.15) is 0 Å². The van der Waals surface area contributed by atoms with Gasteiger partial charge in [-0.25, -0.2) is 0 Å². The number of ether oxygens (including phenoxy) is 1. The molecule has 0 aromatic heterocycles. The Hall–Kier alpha value is -0.650. The smallest absolute Gasteiger partial charge is 0.220 e. The number of methoxy groups -OCH3 is 1. The van der Waals surface area contributed by atoms with Gasteiger partial charge in [-0.15, -0.1) is 0 Å². The van der Waals surface area contributed by atoms with Crippen molar-refractivity contribution in [2.45, 2.75) is 18.9 Å². The fourth-order valence-corrected chi connectivity index (χ4v) is 1.78. The number of hydrogen-bond acceptors (Lipinski definition) is 4. The van der Waals surface area contributed by atoms with E-state index in [-0.39, 0.29) is 18.6 Å². The molecule has 1 rings (SSSR count). The molecule has 0 aliphatic carbocycles. The normalized spacial score (nSPS) is 22.7. The first-order valence-electron chi connectivity index (χ1n) is 5.36. The first kappa shape index (κ1) is 12.4. The largest absolute Gasteiger partial charge is 0.394 e. The molecule has 88 valence electrons. The molecule has 0 spiro atoms. The second-order valence-electron chi connectivity index (χ2n) is 3.97. The summed E-state index contributed by atoms with van der Waals surface area (Å²) in [7, 11) is 1.55. The predicted molar refractivity (Wildman–Crippen MR) is 56.5 cm³/mol. The van der Waals surface area contributed by atoms with Gasteiger partial charge in [-0.05, 0) is 25.4 Å². The third-order valence-corrected chi connectivity index (χ3v) is 2.59. The minimum atomic E-state index is -0.281. The molecule has 15 heavy (non-hydrogen) atoms. The van der Waals surface area contributed by atoms with Crippen LogP contribution < -0.4 is 10.6 Å². The molecule has 1 amide bonds. The van der Waals surface area contributed by atoms with Gasteiger partial charge in [0.25, 0.3) is 0 Å². The average molecular weight is 216 g/mol. The zero-order valence-electron chi connectivity index (χ0n) is 9.16. The average Bonchev–Trinajstić information content (AvgIpc) is 2.69. The summed E-state index contributed by atoms with van der Waals surface area (Å²) in [6, 6.07) is -0.281. The molecule has 3 N–H and O–H groups in total. The van der Waals surface area contributed by atoms with Crippen LogP contribution in [0, 0.1) is 5.92 Å². The molecule has 5 heteroatoms. The predicted octanol–water partition coefficient (Wildman–Crippen LogP) is -0.890. The second kappa shape index (κ2) is 6.76. The van der Waals surface area contributed by atoms with Crippen LogP contribution in [0.2, 0.25) is 0 Å². The van der Waals surface area contributed by atoms with E-state index in [2.05, 4.69) is 10.6 Å². The van der Waals surface area contributed by atoms with E-state index in [1.165, 1.54) is 0 Å². The Bertz CT molecular complexity index is 193. The molecule has 1 aliphatic rings. The highest BCUT2D eigenvalue weighted by Crippen LogP contribution is 2.11. The van der Waals surface area contributed by atoms with E-state index < -0.39 is 0 Å². The van der Waals surface area contributed by atoms with E-state index in [4.69, 9.17) is 9.84 Å². The SMILES string of the molecule is COCC(CO)NC(=O)CC1CCNC1. The third kappa shape index (κ3) is 4.59. The van der Waals surface area contributed by atoms with E-state index in [9.17, 15) is 4.79 Å². The van der Waals surface area contributed by atoms with Crippen LogP contribution in [0.1, 0.15) is 12.8 Å². The zero-order chi connectivity index (χ0) is 11.1. The molecule has 0 aromatic rings. The second-order valence-corrected chi connectivity index (χ2v) is 3.97. The number of hydrogen-bond donors (Lipinski definition) is 3.